The van der Waals surface area contributed by atoms with Gasteiger partial charge in [-0.3, -0.25) is 14.5 Å². The van der Waals surface area contributed by atoms with E-state index in [0.29, 0.717) is 23.4 Å². The minimum absolute atomic E-state index is 0.196. The molecule has 0 saturated heterocycles. The SMILES string of the molecule is COC(=O)Nc1ccc(-c2cnc3ccc(C(=O)N4CC(O)Cc5ccccc54)cn23)cn1. The van der Waals surface area contributed by atoms with Gasteiger partial charge in [0, 0.05) is 30.1 Å². The van der Waals surface area contributed by atoms with Crippen LogP contribution in [0.25, 0.3) is 16.9 Å². The average Bonchev–Trinajstić information content (AvgIpc) is 3.26. The number of ether oxygens (including phenoxy) is 1. The lowest BCUT2D eigenvalue weighted by atomic mass is 9.99. The number of amides is 2. The minimum Gasteiger partial charge on any atom is -0.453 e. The standard InChI is InChI=1S/C24H21N5O4/c1-33-24(32)27-21-8-6-16(11-25-21)20-12-26-22-9-7-17(13-28(20)22)23(31)29-14-18(30)10-15-4-2-3-5-19(15)29/h2-9,11-13,18,30H,10,14H2,1H3,(H,25,27,32). The number of aromatic nitrogens is 3. The monoisotopic (exact) mass is 443 g/mol. The second kappa shape index (κ2) is 8.36. The normalized spacial score (nSPS) is 15.2. The molecule has 166 valence electrons. The Labute approximate surface area is 189 Å². The van der Waals surface area contributed by atoms with E-state index in [0.717, 1.165) is 22.5 Å². The van der Waals surface area contributed by atoms with E-state index in [1.54, 1.807) is 47.8 Å². The van der Waals surface area contributed by atoms with Crippen LogP contribution in [0.5, 0.6) is 0 Å². The van der Waals surface area contributed by atoms with E-state index < -0.39 is 12.2 Å². The molecule has 0 aliphatic carbocycles. The van der Waals surface area contributed by atoms with Gasteiger partial charge < -0.3 is 14.7 Å². The Morgan fingerprint density at radius 2 is 1.94 bits per heavy atom. The number of carbonyl (C=O) groups is 2. The molecule has 1 unspecified atom stereocenters. The number of β-amino-alcohol motifs (C(OH)–C–C–N with tert-alkyl or cyclic N) is 1. The van der Waals surface area contributed by atoms with Gasteiger partial charge in [-0.2, -0.15) is 0 Å². The van der Waals surface area contributed by atoms with Crippen LogP contribution in [0, 0.1) is 0 Å². The van der Waals surface area contributed by atoms with E-state index in [1.807, 2.05) is 28.7 Å². The number of nitrogens with one attached hydrogen (secondary N) is 1. The largest absolute Gasteiger partial charge is 0.453 e. The van der Waals surface area contributed by atoms with Crippen molar-refractivity contribution in [1.29, 1.82) is 0 Å². The van der Waals surface area contributed by atoms with Gasteiger partial charge in [0.1, 0.15) is 11.5 Å². The lowest BCUT2D eigenvalue weighted by molar-refractivity contribution is 0.0954. The molecule has 1 aliphatic heterocycles. The Morgan fingerprint density at radius 1 is 1.09 bits per heavy atom. The van der Waals surface area contributed by atoms with Gasteiger partial charge in [-0.05, 0) is 35.9 Å². The molecule has 4 heterocycles. The van der Waals surface area contributed by atoms with Crippen molar-refractivity contribution >= 4 is 29.2 Å². The number of fused-ring (bicyclic) bond motifs is 2. The molecule has 0 spiro atoms. The second-order valence-electron chi connectivity index (χ2n) is 7.74. The molecular formula is C24H21N5O4. The van der Waals surface area contributed by atoms with Gasteiger partial charge >= 0.3 is 6.09 Å². The van der Waals surface area contributed by atoms with Crippen molar-refractivity contribution in [2.75, 3.05) is 23.9 Å². The van der Waals surface area contributed by atoms with Gasteiger partial charge in [0.2, 0.25) is 0 Å². The van der Waals surface area contributed by atoms with Gasteiger partial charge in [-0.15, -0.1) is 0 Å². The highest BCUT2D eigenvalue weighted by molar-refractivity contribution is 6.07. The fourth-order valence-electron chi connectivity index (χ4n) is 4.02. The lowest BCUT2D eigenvalue weighted by Crippen LogP contribution is -2.42. The number of nitrogens with zero attached hydrogens (tertiary/aromatic N) is 4. The van der Waals surface area contributed by atoms with E-state index in [-0.39, 0.29) is 12.5 Å². The number of aliphatic hydroxyl groups is 1. The van der Waals surface area contributed by atoms with Crippen molar-refractivity contribution in [3.05, 3.63) is 78.2 Å². The molecule has 0 bridgehead atoms. The smallest absolute Gasteiger partial charge is 0.412 e. The number of pyridine rings is 2. The average molecular weight is 443 g/mol. The Bertz CT molecular complexity index is 1350. The third kappa shape index (κ3) is 3.90. The van der Waals surface area contributed by atoms with Gasteiger partial charge in [-0.25, -0.2) is 14.8 Å². The second-order valence-corrected chi connectivity index (χ2v) is 7.74. The van der Waals surface area contributed by atoms with Crippen molar-refractivity contribution in [2.45, 2.75) is 12.5 Å². The van der Waals surface area contributed by atoms with Gasteiger partial charge in [0.05, 0.1) is 37.2 Å². The first-order valence-electron chi connectivity index (χ1n) is 10.4. The number of benzene rings is 1. The fraction of sp³-hybridized carbons (Fsp3) is 0.167. The summed E-state index contributed by atoms with van der Waals surface area (Å²) >= 11 is 0. The van der Waals surface area contributed by atoms with Crippen molar-refractivity contribution in [3.63, 3.8) is 0 Å². The maximum Gasteiger partial charge on any atom is 0.412 e. The van der Waals surface area contributed by atoms with E-state index in [2.05, 4.69) is 20.0 Å². The quantitative estimate of drug-likeness (QED) is 0.504. The minimum atomic E-state index is -0.612. The van der Waals surface area contributed by atoms with Crippen LogP contribution in [-0.4, -0.2) is 51.2 Å². The molecule has 2 N–H and O–H groups in total. The molecular weight excluding hydrogens is 422 g/mol. The zero-order chi connectivity index (χ0) is 22.9. The van der Waals surface area contributed by atoms with E-state index in [4.69, 9.17) is 0 Å². The van der Waals surface area contributed by atoms with Crippen LogP contribution >= 0.6 is 0 Å². The highest BCUT2D eigenvalue weighted by Crippen LogP contribution is 2.29. The number of anilines is 2. The first-order chi connectivity index (χ1) is 16.0. The highest BCUT2D eigenvalue weighted by Gasteiger charge is 2.28. The number of para-hydroxylation sites is 1. The zero-order valence-electron chi connectivity index (χ0n) is 17.8. The number of aliphatic hydroxyl groups excluding tert-OH is 1. The molecule has 4 aromatic rings. The number of hydrogen-bond donors (Lipinski definition) is 2. The Hall–Kier alpha value is -4.24. The highest BCUT2D eigenvalue weighted by atomic mass is 16.5. The van der Waals surface area contributed by atoms with Crippen molar-refractivity contribution in [3.8, 4) is 11.3 Å². The molecule has 9 heteroatoms. The molecule has 9 nitrogen and oxygen atoms in total. The van der Waals surface area contributed by atoms with Crippen molar-refractivity contribution < 1.29 is 19.4 Å². The zero-order valence-corrected chi connectivity index (χ0v) is 17.8. The summed E-state index contributed by atoms with van der Waals surface area (Å²) in [5.41, 5.74) is 4.43. The Kier molecular flexibility index (Phi) is 5.23. The number of imidazole rings is 1. The predicted molar refractivity (Wildman–Crippen MR) is 122 cm³/mol. The summed E-state index contributed by atoms with van der Waals surface area (Å²) in [6, 6.07) is 14.6. The maximum absolute atomic E-state index is 13.4. The predicted octanol–water partition coefficient (Wildman–Crippen LogP) is 3.14. The Balaban J connectivity index is 1.48. The number of methoxy groups -OCH3 is 1. The van der Waals surface area contributed by atoms with E-state index in [1.165, 1.54) is 7.11 Å². The first kappa shape index (κ1) is 20.7. The summed E-state index contributed by atoms with van der Waals surface area (Å²) in [6.07, 6.45) is 4.37. The number of carbonyl (C=O) groups excluding carboxylic acids is 2. The van der Waals surface area contributed by atoms with Crippen LogP contribution in [-0.2, 0) is 11.2 Å². The van der Waals surface area contributed by atoms with Crippen LogP contribution in [0.4, 0.5) is 16.3 Å². The number of rotatable bonds is 3. The molecule has 0 radical (unpaired) electrons. The molecule has 2 amide bonds. The molecule has 33 heavy (non-hydrogen) atoms. The van der Waals surface area contributed by atoms with Crippen LogP contribution < -0.4 is 10.2 Å². The third-order valence-electron chi connectivity index (χ3n) is 5.60. The third-order valence-corrected chi connectivity index (χ3v) is 5.60. The fourth-order valence-corrected chi connectivity index (χ4v) is 4.02. The molecule has 0 fully saturated rings. The van der Waals surface area contributed by atoms with Crippen LogP contribution in [0.15, 0.2) is 67.1 Å². The summed E-state index contributed by atoms with van der Waals surface area (Å²) < 4.78 is 6.40. The van der Waals surface area contributed by atoms with Crippen molar-refractivity contribution in [1.82, 2.24) is 14.4 Å². The van der Waals surface area contributed by atoms with Crippen LogP contribution in [0.3, 0.4) is 0 Å². The van der Waals surface area contributed by atoms with Gasteiger partial charge in [0.15, 0.2) is 0 Å². The molecule has 5 rings (SSSR count). The van der Waals surface area contributed by atoms with Gasteiger partial charge in [0.25, 0.3) is 5.91 Å². The summed E-state index contributed by atoms with van der Waals surface area (Å²) in [6.45, 7) is 0.239. The van der Waals surface area contributed by atoms with Gasteiger partial charge in [-0.1, -0.05) is 18.2 Å². The van der Waals surface area contributed by atoms with Crippen molar-refractivity contribution in [2.24, 2.45) is 0 Å². The lowest BCUT2D eigenvalue weighted by Gasteiger charge is -2.32. The van der Waals surface area contributed by atoms with Crippen LogP contribution in [0.2, 0.25) is 0 Å². The summed E-state index contributed by atoms with van der Waals surface area (Å²) in [7, 11) is 1.28. The summed E-state index contributed by atoms with van der Waals surface area (Å²) in [5, 5.41) is 12.8. The summed E-state index contributed by atoms with van der Waals surface area (Å²) in [5.74, 6) is 0.163. The molecule has 1 aliphatic rings. The Morgan fingerprint density at radius 3 is 2.73 bits per heavy atom. The van der Waals surface area contributed by atoms with E-state index >= 15 is 0 Å². The molecule has 1 aromatic carbocycles. The topological polar surface area (TPSA) is 109 Å². The molecule has 0 saturated carbocycles. The molecule has 3 aromatic heterocycles. The molecule has 1 atom stereocenters. The van der Waals surface area contributed by atoms with E-state index in [9.17, 15) is 14.7 Å². The van der Waals surface area contributed by atoms with Crippen LogP contribution in [0.1, 0.15) is 15.9 Å². The summed E-state index contributed by atoms with van der Waals surface area (Å²) in [4.78, 5) is 35.1. The maximum atomic E-state index is 13.4. The number of hydrogen-bond acceptors (Lipinski definition) is 6. The first-order valence-corrected chi connectivity index (χ1v) is 10.4.